The lowest BCUT2D eigenvalue weighted by Gasteiger charge is -2.44. The molecule has 2 heterocycles. The molecule has 0 aromatic heterocycles. The van der Waals surface area contributed by atoms with Crippen LogP contribution in [0.3, 0.4) is 0 Å². The zero-order valence-corrected chi connectivity index (χ0v) is 44.0. The first-order valence-electron chi connectivity index (χ1n) is 24.2. The summed E-state index contributed by atoms with van der Waals surface area (Å²) >= 11 is 0. The summed E-state index contributed by atoms with van der Waals surface area (Å²) in [6.07, 6.45) is -12.3. The maximum absolute atomic E-state index is 12.4. The van der Waals surface area contributed by atoms with Crippen LogP contribution in [0.1, 0.15) is 81.1 Å². The average Bonchev–Trinajstić information content (AvgIpc) is 3.31. The number of aliphatic hydroxyl groups excluding tert-OH is 1. The van der Waals surface area contributed by atoms with Crippen molar-refractivity contribution in [3.05, 3.63) is 0 Å². The van der Waals surface area contributed by atoms with Gasteiger partial charge in [0.25, 0.3) is 0 Å². The monoisotopic (exact) mass is 1110 g/mol. The van der Waals surface area contributed by atoms with E-state index in [0.717, 1.165) is 41.5 Å². The molecule has 1 unspecified atom stereocenters. The molecule has 32 nitrogen and oxygen atoms in total. The van der Waals surface area contributed by atoms with Gasteiger partial charge in [-0.3, -0.25) is 52.8 Å². The average molecular weight is 1110 g/mol. The molecule has 0 spiro atoms. The van der Waals surface area contributed by atoms with Gasteiger partial charge in [0, 0.05) is 94.4 Å². The normalized spacial score (nSPS) is 22.9. The number of hydrogen-bond donors (Lipinski definition) is 8. The van der Waals surface area contributed by atoms with Crippen LogP contribution < -0.4 is 37.4 Å². The van der Waals surface area contributed by atoms with Crippen LogP contribution in [0.15, 0.2) is 0 Å². The molecule has 2 fully saturated rings. The number of amides is 7. The number of hydroxylamine groups is 1. The van der Waals surface area contributed by atoms with Crippen molar-refractivity contribution in [3.63, 3.8) is 0 Å². The van der Waals surface area contributed by atoms with Gasteiger partial charge in [-0.15, -0.1) is 0 Å². The van der Waals surface area contributed by atoms with E-state index in [-0.39, 0.29) is 65.1 Å². The third-order valence-corrected chi connectivity index (χ3v) is 10.1. The lowest BCUT2D eigenvalue weighted by atomic mass is 9.96. The lowest BCUT2D eigenvalue weighted by Crippen LogP contribution is -2.66. The van der Waals surface area contributed by atoms with Gasteiger partial charge < -0.3 is 89.1 Å². The standard InChI is InChI=1S/C45H71N7O25/c1-23(53)50-36-40(74-29(7)59)38(72-27(5)57)32(21-68-25(3)55)76-42(36)66-17-9-13-46-34(62)11-15-48-44(64)52-71-20-31(61)19-70-45(65)49-16-12-35(63)47-14-10-18-67-43-37(51-24(2)54)41(75-30(8)60)39(73-28(6)58)33(77-43)22-69-26(4)56/h31-33,36-43,61H,9-22H2,1-8H3,(H,46,62)(H,47,63)(H,49,65)(H,50,53)(H,51,54)(H2,48,52,64)/t31?,32-,33-,36-,37-,38+,39+,40-,41-,42-,43-/m1/s1. The summed E-state index contributed by atoms with van der Waals surface area (Å²) in [5, 5.41) is 25.2. The Balaban J connectivity index is 1.66. The van der Waals surface area contributed by atoms with E-state index in [1.165, 1.54) is 13.8 Å². The summed E-state index contributed by atoms with van der Waals surface area (Å²) in [6, 6.07) is -3.19. The summed E-state index contributed by atoms with van der Waals surface area (Å²) in [4.78, 5) is 149. The summed E-state index contributed by atoms with van der Waals surface area (Å²) in [5.74, 6) is -6.44. The van der Waals surface area contributed by atoms with Crippen molar-refractivity contribution < 1.29 is 120 Å². The summed E-state index contributed by atoms with van der Waals surface area (Å²) in [7, 11) is 0. The van der Waals surface area contributed by atoms with E-state index >= 15 is 0 Å². The maximum Gasteiger partial charge on any atom is 0.407 e. The van der Waals surface area contributed by atoms with Crippen molar-refractivity contribution in [1.29, 1.82) is 0 Å². The molecule has 2 aliphatic heterocycles. The van der Waals surface area contributed by atoms with Gasteiger partial charge in [-0.2, -0.15) is 0 Å². The van der Waals surface area contributed by atoms with Crippen molar-refractivity contribution in [3.8, 4) is 0 Å². The lowest BCUT2D eigenvalue weighted by molar-refractivity contribution is -0.277. The minimum absolute atomic E-state index is 0.0615. The van der Waals surface area contributed by atoms with E-state index in [9.17, 15) is 62.6 Å². The molecule has 0 bridgehead atoms. The number of alkyl carbamates (subject to hydrolysis) is 1. The van der Waals surface area contributed by atoms with E-state index < -0.39 is 165 Å². The van der Waals surface area contributed by atoms with Gasteiger partial charge in [-0.05, 0) is 12.8 Å². The first-order chi connectivity index (χ1) is 36.4. The number of hydrogen-bond acceptors (Lipinski definition) is 25. The second-order valence-corrected chi connectivity index (χ2v) is 16.9. The third-order valence-electron chi connectivity index (χ3n) is 10.1. The molecule has 0 aromatic rings. The highest BCUT2D eigenvalue weighted by Gasteiger charge is 2.52. The van der Waals surface area contributed by atoms with Crippen molar-refractivity contribution in [2.45, 2.75) is 148 Å². The molecular weight excluding hydrogens is 1040 g/mol. The molecule has 2 saturated heterocycles. The Labute approximate surface area is 442 Å². The number of aliphatic hydroxyl groups is 1. The van der Waals surface area contributed by atoms with Gasteiger partial charge in [-0.25, -0.2) is 15.1 Å². The fraction of sp³-hybridized carbons (Fsp3) is 0.733. The number of rotatable bonds is 31. The number of nitrogens with one attached hydrogen (secondary N) is 7. The largest absolute Gasteiger partial charge is 0.463 e. The van der Waals surface area contributed by atoms with Crippen LogP contribution >= 0.6 is 0 Å². The molecule has 7 amide bonds. The van der Waals surface area contributed by atoms with Gasteiger partial charge in [-0.1, -0.05) is 0 Å². The molecule has 436 valence electrons. The summed E-state index contributed by atoms with van der Waals surface area (Å²) < 4.78 is 60.0. The fourth-order valence-electron chi connectivity index (χ4n) is 7.12. The van der Waals surface area contributed by atoms with E-state index in [4.69, 9.17) is 56.9 Å². The number of urea groups is 1. The van der Waals surface area contributed by atoms with Crippen LogP contribution in [0.2, 0.25) is 0 Å². The van der Waals surface area contributed by atoms with E-state index in [1.807, 2.05) is 5.48 Å². The Kier molecular flexibility index (Phi) is 30.4. The molecule has 8 N–H and O–H groups in total. The molecule has 77 heavy (non-hydrogen) atoms. The van der Waals surface area contributed by atoms with Crippen molar-refractivity contribution in [1.82, 2.24) is 37.4 Å². The summed E-state index contributed by atoms with van der Waals surface area (Å²) in [5.41, 5.74) is 2.00. The van der Waals surface area contributed by atoms with Crippen molar-refractivity contribution >= 4 is 71.6 Å². The SMILES string of the molecule is CC(=O)N[C@H]1[C@H](OCCCNC(=O)CCNC(=O)NOCC(O)COC(=O)NCCC(=O)NCCCO[C@@H]2O[C@H](COC(C)=O)[C@H](OC(C)=O)[C@H](OC(C)=O)[C@H]2NC(C)=O)O[C@H](COC(C)=O)[C@H](OC(C)=O)[C@@H]1OC(C)=O. The molecule has 2 aliphatic rings. The molecule has 2 rings (SSSR count). The predicted molar refractivity (Wildman–Crippen MR) is 252 cm³/mol. The van der Waals surface area contributed by atoms with Gasteiger partial charge in [0.15, 0.2) is 37.0 Å². The minimum atomic E-state index is -1.38. The van der Waals surface area contributed by atoms with Gasteiger partial charge in [0.05, 0.1) is 13.2 Å². The molecule has 0 saturated carbocycles. The first kappa shape index (κ1) is 66.1. The second kappa shape index (κ2) is 35.4. The van der Waals surface area contributed by atoms with E-state index in [2.05, 4.69) is 31.9 Å². The Hall–Kier alpha value is -7.00. The maximum atomic E-state index is 12.4. The van der Waals surface area contributed by atoms with Crippen LogP contribution in [0.25, 0.3) is 0 Å². The predicted octanol–water partition coefficient (Wildman–Crippen LogP) is -3.56. The van der Waals surface area contributed by atoms with Crippen LogP contribution in [-0.4, -0.2) is 210 Å². The Morgan fingerprint density at radius 2 is 0.883 bits per heavy atom. The Morgan fingerprint density at radius 1 is 0.481 bits per heavy atom. The second-order valence-electron chi connectivity index (χ2n) is 16.9. The Bertz CT molecular complexity index is 2010. The summed E-state index contributed by atoms with van der Waals surface area (Å²) in [6.45, 7) is 7.01. The highest BCUT2D eigenvalue weighted by molar-refractivity contribution is 5.78. The van der Waals surface area contributed by atoms with Crippen LogP contribution in [0.5, 0.6) is 0 Å². The van der Waals surface area contributed by atoms with Crippen molar-refractivity contribution in [2.24, 2.45) is 0 Å². The van der Waals surface area contributed by atoms with Crippen LogP contribution in [-0.2, 0) is 105 Å². The van der Waals surface area contributed by atoms with Crippen molar-refractivity contribution in [2.75, 3.05) is 65.8 Å². The fourth-order valence-corrected chi connectivity index (χ4v) is 7.12. The molecular formula is C45H71N7O25. The Morgan fingerprint density at radius 3 is 1.27 bits per heavy atom. The highest BCUT2D eigenvalue weighted by Crippen LogP contribution is 2.29. The quantitative estimate of drug-likeness (QED) is 0.0144. The minimum Gasteiger partial charge on any atom is -0.463 e. The zero-order valence-electron chi connectivity index (χ0n) is 44.0. The smallest absolute Gasteiger partial charge is 0.407 e. The van der Waals surface area contributed by atoms with Gasteiger partial charge >= 0.3 is 47.9 Å². The number of carbonyl (C=O) groups excluding carboxylic acids is 12. The van der Waals surface area contributed by atoms with Crippen LogP contribution in [0, 0.1) is 0 Å². The zero-order chi connectivity index (χ0) is 57.6. The molecule has 11 atom stereocenters. The molecule has 0 aliphatic carbocycles. The molecule has 0 radical (unpaired) electrons. The topological polar surface area (TPSA) is 420 Å². The van der Waals surface area contributed by atoms with Crippen LogP contribution in [0.4, 0.5) is 9.59 Å². The highest BCUT2D eigenvalue weighted by atomic mass is 16.7. The molecule has 32 heteroatoms. The van der Waals surface area contributed by atoms with E-state index in [1.54, 1.807) is 0 Å². The first-order valence-corrected chi connectivity index (χ1v) is 24.2. The molecule has 0 aromatic carbocycles. The van der Waals surface area contributed by atoms with Gasteiger partial charge in [0.2, 0.25) is 23.6 Å². The third kappa shape index (κ3) is 27.6. The number of ether oxygens (including phenoxy) is 11. The number of esters is 6. The van der Waals surface area contributed by atoms with Gasteiger partial charge in [0.1, 0.15) is 56.8 Å². The number of carbonyl (C=O) groups is 12. The van der Waals surface area contributed by atoms with E-state index in [0.29, 0.717) is 0 Å².